The van der Waals surface area contributed by atoms with Crippen LogP contribution in [0.3, 0.4) is 0 Å². The molecule has 0 spiro atoms. The summed E-state index contributed by atoms with van der Waals surface area (Å²) in [6.45, 7) is 4.58. The van der Waals surface area contributed by atoms with E-state index in [1.165, 1.54) is 10.5 Å². The van der Waals surface area contributed by atoms with Crippen LogP contribution in [0.4, 0.5) is 11.4 Å². The van der Waals surface area contributed by atoms with Crippen molar-refractivity contribution in [3.8, 4) is 5.75 Å². The number of carbonyl (C=O) groups is 2. The number of carbonyl (C=O) groups excluding carboxylic acids is 2. The molecule has 2 aliphatic rings. The van der Waals surface area contributed by atoms with E-state index in [-0.39, 0.29) is 11.8 Å². The van der Waals surface area contributed by atoms with Crippen molar-refractivity contribution in [1.29, 1.82) is 0 Å². The minimum atomic E-state index is -0.330. The van der Waals surface area contributed by atoms with Gasteiger partial charge in [0, 0.05) is 17.8 Å². The van der Waals surface area contributed by atoms with Gasteiger partial charge in [-0.05, 0) is 61.2 Å². The van der Waals surface area contributed by atoms with Gasteiger partial charge < -0.3 is 9.64 Å². The topological polar surface area (TPSA) is 49.9 Å². The van der Waals surface area contributed by atoms with Crippen molar-refractivity contribution >= 4 is 28.8 Å². The number of hydrogen-bond acceptors (Lipinski definition) is 4. The lowest BCUT2D eigenvalue weighted by molar-refractivity contribution is -0.120. The molecule has 0 aromatic heterocycles. The van der Waals surface area contributed by atoms with Gasteiger partial charge in [-0.1, -0.05) is 42.5 Å². The number of para-hydroxylation sites is 2. The van der Waals surface area contributed by atoms with Gasteiger partial charge >= 0.3 is 0 Å². The lowest BCUT2D eigenvalue weighted by Gasteiger charge is -2.22. The zero-order valence-corrected chi connectivity index (χ0v) is 18.4. The van der Waals surface area contributed by atoms with Crippen LogP contribution in [0.2, 0.25) is 0 Å². The number of ether oxygens (including phenoxy) is 1. The molecule has 160 valence electrons. The zero-order valence-electron chi connectivity index (χ0n) is 18.4. The average molecular weight is 425 g/mol. The van der Waals surface area contributed by atoms with Crippen LogP contribution in [0, 0.1) is 13.8 Å². The fourth-order valence-electron chi connectivity index (χ4n) is 4.75. The predicted molar refractivity (Wildman–Crippen MR) is 126 cm³/mol. The second kappa shape index (κ2) is 7.68. The van der Waals surface area contributed by atoms with E-state index in [4.69, 9.17) is 4.74 Å². The lowest BCUT2D eigenvalue weighted by Crippen LogP contribution is -2.35. The Morgan fingerprint density at radius 3 is 2.28 bits per heavy atom. The van der Waals surface area contributed by atoms with Crippen molar-refractivity contribution in [2.45, 2.75) is 20.3 Å². The second-order valence-electron chi connectivity index (χ2n) is 8.25. The van der Waals surface area contributed by atoms with Gasteiger partial charge in [-0.3, -0.25) is 9.59 Å². The number of rotatable bonds is 4. The highest BCUT2D eigenvalue weighted by atomic mass is 16.5. The molecule has 0 radical (unpaired) electrons. The molecule has 2 aliphatic heterocycles. The van der Waals surface area contributed by atoms with E-state index in [0.717, 1.165) is 23.2 Å². The Balaban J connectivity index is 1.73. The number of benzene rings is 3. The Morgan fingerprint density at radius 1 is 0.844 bits per heavy atom. The number of imide groups is 1. The van der Waals surface area contributed by atoms with Crippen molar-refractivity contribution in [2.24, 2.45) is 0 Å². The van der Waals surface area contributed by atoms with Crippen LogP contribution in [0.15, 0.2) is 72.4 Å². The summed E-state index contributed by atoms with van der Waals surface area (Å²) in [6.07, 6.45) is 0.823. The highest BCUT2D eigenvalue weighted by molar-refractivity contribution is 6.46. The highest BCUT2D eigenvalue weighted by Gasteiger charge is 2.44. The molecule has 0 saturated heterocycles. The molecule has 0 fully saturated rings. The summed E-state index contributed by atoms with van der Waals surface area (Å²) >= 11 is 0. The summed E-state index contributed by atoms with van der Waals surface area (Å²) in [7, 11) is 1.58. The number of amides is 2. The summed E-state index contributed by atoms with van der Waals surface area (Å²) in [5.74, 6) is -0.0719. The third-order valence-corrected chi connectivity index (χ3v) is 6.06. The van der Waals surface area contributed by atoms with Crippen molar-refractivity contribution in [3.05, 3.63) is 94.7 Å². The first-order valence-electron chi connectivity index (χ1n) is 10.7. The highest BCUT2D eigenvalue weighted by Crippen LogP contribution is 2.42. The first-order chi connectivity index (χ1) is 15.5. The monoisotopic (exact) mass is 424 g/mol. The summed E-state index contributed by atoms with van der Waals surface area (Å²) in [5.41, 5.74) is 6.14. The van der Waals surface area contributed by atoms with E-state index in [1.807, 2.05) is 79.4 Å². The quantitative estimate of drug-likeness (QED) is 0.572. The molecule has 3 aromatic carbocycles. The Bertz CT molecular complexity index is 1270. The molecule has 0 bridgehead atoms. The SMILES string of the molecule is COc1ccccc1C1=C(N2CCc3ccccc32)C(=O)N(c2cc(C)cc(C)c2)C1=O. The van der Waals surface area contributed by atoms with E-state index in [1.54, 1.807) is 7.11 Å². The number of nitrogens with zero attached hydrogens (tertiary/aromatic N) is 2. The van der Waals surface area contributed by atoms with Gasteiger partial charge in [0.05, 0.1) is 18.4 Å². The summed E-state index contributed by atoms with van der Waals surface area (Å²) in [5, 5.41) is 0. The number of fused-ring (bicyclic) bond motifs is 1. The maximum Gasteiger partial charge on any atom is 0.282 e. The molecule has 0 atom stereocenters. The van der Waals surface area contributed by atoms with Gasteiger partial charge in [0.15, 0.2) is 0 Å². The van der Waals surface area contributed by atoms with Gasteiger partial charge in [-0.25, -0.2) is 4.90 Å². The summed E-state index contributed by atoms with van der Waals surface area (Å²) in [6, 6.07) is 21.2. The van der Waals surface area contributed by atoms with Crippen LogP contribution in [0.5, 0.6) is 5.75 Å². The third-order valence-electron chi connectivity index (χ3n) is 6.06. The maximum atomic E-state index is 13.9. The van der Waals surface area contributed by atoms with Crippen LogP contribution < -0.4 is 14.5 Å². The third kappa shape index (κ3) is 3.09. The molecule has 0 aliphatic carbocycles. The standard InChI is InChI=1S/C27H24N2O3/c1-17-14-18(2)16-20(15-17)29-26(30)24(21-9-5-7-11-23(21)32-3)25(27(29)31)28-13-12-19-8-4-6-10-22(19)28/h4-11,14-16H,12-13H2,1-3H3. The van der Waals surface area contributed by atoms with E-state index in [2.05, 4.69) is 6.07 Å². The lowest BCUT2D eigenvalue weighted by atomic mass is 10.0. The molecule has 5 nitrogen and oxygen atoms in total. The van der Waals surface area contributed by atoms with Crippen LogP contribution in [0.1, 0.15) is 22.3 Å². The molecule has 3 aromatic rings. The van der Waals surface area contributed by atoms with Gasteiger partial charge in [-0.2, -0.15) is 0 Å². The molecule has 5 heteroatoms. The molecule has 2 heterocycles. The number of hydrogen-bond donors (Lipinski definition) is 0. The molecule has 0 saturated carbocycles. The van der Waals surface area contributed by atoms with Gasteiger partial charge in [0.1, 0.15) is 11.4 Å². The minimum Gasteiger partial charge on any atom is -0.496 e. The zero-order chi connectivity index (χ0) is 22.4. The second-order valence-corrected chi connectivity index (χ2v) is 8.25. The first-order valence-corrected chi connectivity index (χ1v) is 10.7. The smallest absolute Gasteiger partial charge is 0.282 e. The Labute approximate surface area is 187 Å². The van der Waals surface area contributed by atoms with E-state index in [0.29, 0.717) is 34.8 Å². The fraction of sp³-hybridized carbons (Fsp3) is 0.185. The molecule has 0 unspecified atom stereocenters. The first kappa shape index (κ1) is 20.1. The Morgan fingerprint density at radius 2 is 1.53 bits per heavy atom. The normalized spacial score (nSPS) is 15.6. The van der Waals surface area contributed by atoms with Gasteiger partial charge in [0.25, 0.3) is 11.8 Å². The van der Waals surface area contributed by atoms with Gasteiger partial charge in [-0.15, -0.1) is 0 Å². The number of anilines is 2. The Hall–Kier alpha value is -3.86. The largest absolute Gasteiger partial charge is 0.496 e. The van der Waals surface area contributed by atoms with Crippen LogP contribution in [0.25, 0.3) is 5.57 Å². The van der Waals surface area contributed by atoms with Crippen molar-refractivity contribution in [2.75, 3.05) is 23.5 Å². The van der Waals surface area contributed by atoms with E-state index >= 15 is 0 Å². The maximum absolute atomic E-state index is 13.9. The number of methoxy groups -OCH3 is 1. The van der Waals surface area contributed by atoms with E-state index in [9.17, 15) is 9.59 Å². The molecule has 0 N–H and O–H groups in total. The van der Waals surface area contributed by atoms with Crippen molar-refractivity contribution < 1.29 is 14.3 Å². The van der Waals surface area contributed by atoms with Crippen molar-refractivity contribution in [3.63, 3.8) is 0 Å². The van der Waals surface area contributed by atoms with Crippen LogP contribution in [-0.4, -0.2) is 25.5 Å². The number of aryl methyl sites for hydroxylation is 2. The molecule has 2 amide bonds. The fourth-order valence-corrected chi connectivity index (χ4v) is 4.75. The minimum absolute atomic E-state index is 0.308. The molecule has 5 rings (SSSR count). The molecular formula is C27H24N2O3. The molecular weight excluding hydrogens is 400 g/mol. The van der Waals surface area contributed by atoms with E-state index < -0.39 is 0 Å². The van der Waals surface area contributed by atoms with Crippen LogP contribution in [-0.2, 0) is 16.0 Å². The summed E-state index contributed by atoms with van der Waals surface area (Å²) < 4.78 is 5.57. The Kier molecular flexibility index (Phi) is 4.82. The van der Waals surface area contributed by atoms with Crippen LogP contribution >= 0.6 is 0 Å². The van der Waals surface area contributed by atoms with Crippen molar-refractivity contribution in [1.82, 2.24) is 0 Å². The predicted octanol–water partition coefficient (Wildman–Crippen LogP) is 4.66. The molecule has 32 heavy (non-hydrogen) atoms. The average Bonchev–Trinajstić information content (AvgIpc) is 3.30. The summed E-state index contributed by atoms with van der Waals surface area (Å²) in [4.78, 5) is 31.0. The van der Waals surface area contributed by atoms with Gasteiger partial charge in [0.2, 0.25) is 0 Å².